The average Bonchev–Trinajstić information content (AvgIpc) is 2.88. The van der Waals surface area contributed by atoms with Crippen LogP contribution in [0.5, 0.6) is 0 Å². The smallest absolute Gasteiger partial charge is 0.380 e. The number of piperidine rings is 2. The molecule has 2 fully saturated rings. The predicted octanol–water partition coefficient (Wildman–Crippen LogP) is 6.62. The van der Waals surface area contributed by atoms with Crippen LogP contribution in [0.3, 0.4) is 0 Å². The van der Waals surface area contributed by atoms with Crippen molar-refractivity contribution in [3.05, 3.63) is 35.9 Å². The van der Waals surface area contributed by atoms with E-state index in [4.69, 9.17) is 5.73 Å². The Hall–Kier alpha value is -2.10. The molecule has 0 aromatic heterocycles. The van der Waals surface area contributed by atoms with Crippen LogP contribution in [0.2, 0.25) is 0 Å². The maximum atomic E-state index is 13.9. The lowest BCUT2D eigenvalue weighted by Gasteiger charge is -2.37. The second-order valence-electron chi connectivity index (χ2n) is 10.9. The summed E-state index contributed by atoms with van der Waals surface area (Å²) >= 11 is 1.43. The zero-order valence-corrected chi connectivity index (χ0v) is 22.5. The molecular weight excluding hydrogens is 495 g/mol. The van der Waals surface area contributed by atoms with Crippen LogP contribution in [-0.2, 0) is 6.18 Å². The molecule has 3 aliphatic rings. The third kappa shape index (κ3) is 5.99. The minimum atomic E-state index is -4.40. The van der Waals surface area contributed by atoms with Crippen LogP contribution in [0.15, 0.2) is 40.1 Å². The summed E-state index contributed by atoms with van der Waals surface area (Å²) < 4.78 is 41.6. The minimum Gasteiger partial charge on any atom is -0.380 e. The lowest BCUT2D eigenvalue weighted by molar-refractivity contribution is -0.137. The Morgan fingerprint density at radius 3 is 2.57 bits per heavy atom. The van der Waals surface area contributed by atoms with Gasteiger partial charge in [-0.25, -0.2) is 0 Å². The van der Waals surface area contributed by atoms with Gasteiger partial charge in [0.25, 0.3) is 0 Å². The first-order valence-electron chi connectivity index (χ1n) is 13.5. The van der Waals surface area contributed by atoms with E-state index < -0.39 is 11.7 Å². The molecule has 5 rings (SSSR count). The van der Waals surface area contributed by atoms with Gasteiger partial charge in [-0.05, 0) is 67.9 Å². The molecule has 9 heteroatoms. The molecule has 202 valence electrons. The fraction of sp³-hybridized carbons (Fsp3) is 0.571. The van der Waals surface area contributed by atoms with Crippen molar-refractivity contribution in [2.75, 3.05) is 54.8 Å². The molecule has 0 saturated carbocycles. The van der Waals surface area contributed by atoms with Gasteiger partial charge in [0.1, 0.15) is 0 Å². The van der Waals surface area contributed by atoms with E-state index in [2.05, 4.69) is 52.5 Å². The quantitative estimate of drug-likeness (QED) is 0.331. The first kappa shape index (κ1) is 26.5. The normalized spacial score (nSPS) is 20.9. The SMILES string of the molecule is CC(C)C1CCCN(c2ccc3c(c2)Sc2cc(C(F)(F)F)cc(NC4CCN(CCN)CC4)c2N3)C1. The highest BCUT2D eigenvalue weighted by atomic mass is 32.2. The Kier molecular flexibility index (Phi) is 7.84. The molecule has 1 unspecified atom stereocenters. The lowest BCUT2D eigenvalue weighted by atomic mass is 9.88. The van der Waals surface area contributed by atoms with Crippen LogP contribution in [0, 0.1) is 11.8 Å². The fourth-order valence-electron chi connectivity index (χ4n) is 5.74. The van der Waals surface area contributed by atoms with Gasteiger partial charge < -0.3 is 26.2 Å². The molecular formula is C28H38F3N5S. The van der Waals surface area contributed by atoms with Crippen molar-refractivity contribution in [1.82, 2.24) is 4.90 Å². The number of nitrogens with one attached hydrogen (secondary N) is 2. The molecule has 3 aliphatic heterocycles. The first-order valence-corrected chi connectivity index (χ1v) is 14.3. The van der Waals surface area contributed by atoms with E-state index in [-0.39, 0.29) is 6.04 Å². The zero-order valence-electron chi connectivity index (χ0n) is 21.7. The number of rotatable bonds is 6. The van der Waals surface area contributed by atoms with Crippen molar-refractivity contribution in [2.45, 2.75) is 61.5 Å². The van der Waals surface area contributed by atoms with Crippen molar-refractivity contribution in [1.29, 1.82) is 0 Å². The molecule has 0 radical (unpaired) electrons. The largest absolute Gasteiger partial charge is 0.416 e. The highest BCUT2D eigenvalue weighted by Crippen LogP contribution is 2.50. The third-order valence-electron chi connectivity index (χ3n) is 8.03. The maximum Gasteiger partial charge on any atom is 0.416 e. The van der Waals surface area contributed by atoms with E-state index in [1.165, 1.54) is 36.7 Å². The van der Waals surface area contributed by atoms with Gasteiger partial charge in [-0.2, -0.15) is 13.2 Å². The molecule has 0 bridgehead atoms. The van der Waals surface area contributed by atoms with Gasteiger partial charge in [0, 0.05) is 60.8 Å². The number of likely N-dealkylation sites (tertiary alicyclic amines) is 1. The van der Waals surface area contributed by atoms with Crippen molar-refractivity contribution in [2.24, 2.45) is 17.6 Å². The summed E-state index contributed by atoms with van der Waals surface area (Å²) in [5.74, 6) is 1.31. The summed E-state index contributed by atoms with van der Waals surface area (Å²) in [6.07, 6.45) is -0.219. The van der Waals surface area contributed by atoms with Crippen LogP contribution in [0.1, 0.15) is 45.1 Å². The number of benzene rings is 2. The van der Waals surface area contributed by atoms with Gasteiger partial charge in [0.15, 0.2) is 0 Å². The molecule has 5 nitrogen and oxygen atoms in total. The second kappa shape index (κ2) is 10.9. The van der Waals surface area contributed by atoms with E-state index in [1.54, 1.807) is 0 Å². The average molecular weight is 534 g/mol. The van der Waals surface area contributed by atoms with Crippen LogP contribution in [0.4, 0.5) is 35.9 Å². The Bertz CT molecular complexity index is 1100. The Morgan fingerprint density at radius 1 is 1.08 bits per heavy atom. The van der Waals surface area contributed by atoms with Gasteiger partial charge in [0.2, 0.25) is 0 Å². The highest BCUT2D eigenvalue weighted by Gasteiger charge is 2.34. The number of nitrogens with two attached hydrogens (primary N) is 1. The number of anilines is 4. The molecule has 2 aromatic rings. The topological polar surface area (TPSA) is 56.6 Å². The van der Waals surface area contributed by atoms with Crippen LogP contribution in [-0.4, -0.2) is 50.2 Å². The summed E-state index contributed by atoms with van der Waals surface area (Å²) in [5.41, 5.74) is 8.43. The Labute approximate surface area is 222 Å². The summed E-state index contributed by atoms with van der Waals surface area (Å²) in [7, 11) is 0. The molecule has 0 amide bonds. The number of alkyl halides is 3. The molecule has 0 aliphatic carbocycles. The Balaban J connectivity index is 1.39. The summed E-state index contributed by atoms with van der Waals surface area (Å²) in [4.78, 5) is 6.33. The second-order valence-corrected chi connectivity index (χ2v) is 12.0. The van der Waals surface area contributed by atoms with Gasteiger partial charge >= 0.3 is 6.18 Å². The van der Waals surface area contributed by atoms with Gasteiger partial charge in [-0.1, -0.05) is 25.6 Å². The number of halogens is 3. The molecule has 2 saturated heterocycles. The van der Waals surface area contributed by atoms with Crippen LogP contribution in [0.25, 0.3) is 0 Å². The van der Waals surface area contributed by atoms with E-state index in [0.29, 0.717) is 29.0 Å². The fourth-order valence-corrected chi connectivity index (χ4v) is 6.84. The summed E-state index contributed by atoms with van der Waals surface area (Å²) in [5, 5.41) is 6.92. The summed E-state index contributed by atoms with van der Waals surface area (Å²) in [6.45, 7) is 9.90. The molecule has 2 aromatic carbocycles. The lowest BCUT2D eigenvalue weighted by Crippen LogP contribution is -2.41. The monoisotopic (exact) mass is 533 g/mol. The standard InChI is InChI=1S/C28H38F3N5S/c1-18(2)19-4-3-10-36(17-19)22-5-6-23-25(16-22)37-26-15-20(28(29,30)31)14-24(27(26)34-23)33-21-7-11-35(12-8-21)13-9-32/h5-6,14-16,18-19,21,33-34H,3-4,7-13,17,32H2,1-2H3. The van der Waals surface area contributed by atoms with Crippen molar-refractivity contribution >= 4 is 34.5 Å². The van der Waals surface area contributed by atoms with Crippen LogP contribution < -0.4 is 21.3 Å². The molecule has 4 N–H and O–H groups in total. The molecule has 37 heavy (non-hydrogen) atoms. The van der Waals surface area contributed by atoms with Gasteiger partial charge in [-0.3, -0.25) is 0 Å². The van der Waals surface area contributed by atoms with E-state index >= 15 is 0 Å². The van der Waals surface area contributed by atoms with E-state index in [9.17, 15) is 13.2 Å². The Morgan fingerprint density at radius 2 is 1.86 bits per heavy atom. The number of fused-ring (bicyclic) bond motifs is 2. The van der Waals surface area contributed by atoms with Gasteiger partial charge in [-0.15, -0.1) is 0 Å². The number of hydrogen-bond acceptors (Lipinski definition) is 6. The van der Waals surface area contributed by atoms with Crippen molar-refractivity contribution < 1.29 is 13.2 Å². The van der Waals surface area contributed by atoms with E-state index in [1.807, 2.05) is 0 Å². The molecule has 1 atom stereocenters. The first-order chi connectivity index (χ1) is 17.7. The number of hydrogen-bond donors (Lipinski definition) is 3. The van der Waals surface area contributed by atoms with Crippen molar-refractivity contribution in [3.63, 3.8) is 0 Å². The van der Waals surface area contributed by atoms with Gasteiger partial charge in [0.05, 0.1) is 22.6 Å². The molecule has 3 heterocycles. The van der Waals surface area contributed by atoms with E-state index in [0.717, 1.165) is 67.5 Å². The minimum absolute atomic E-state index is 0.130. The molecule has 0 spiro atoms. The van der Waals surface area contributed by atoms with Crippen LogP contribution >= 0.6 is 11.8 Å². The number of nitrogens with zero attached hydrogens (tertiary/aromatic N) is 2. The third-order valence-corrected chi connectivity index (χ3v) is 9.13. The zero-order chi connectivity index (χ0) is 26.2. The highest BCUT2D eigenvalue weighted by molar-refractivity contribution is 7.99. The maximum absolute atomic E-state index is 13.9. The predicted molar refractivity (Wildman–Crippen MR) is 147 cm³/mol. The summed E-state index contributed by atoms with van der Waals surface area (Å²) in [6, 6.07) is 9.03. The van der Waals surface area contributed by atoms with Crippen molar-refractivity contribution in [3.8, 4) is 0 Å².